The van der Waals surface area contributed by atoms with Crippen molar-refractivity contribution >= 4 is 5.97 Å². The fourth-order valence-corrected chi connectivity index (χ4v) is 2.62. The molecule has 2 aromatic rings. The molecule has 0 amide bonds. The highest BCUT2D eigenvalue weighted by atomic mass is 19.4. The van der Waals surface area contributed by atoms with Crippen LogP contribution in [0.25, 0.3) is 0 Å². The summed E-state index contributed by atoms with van der Waals surface area (Å²) < 4.78 is 59.2. The van der Waals surface area contributed by atoms with Gasteiger partial charge in [-0.3, -0.25) is 0 Å². The lowest BCUT2D eigenvalue weighted by atomic mass is 9.82. The molecule has 114 valence electrons. The summed E-state index contributed by atoms with van der Waals surface area (Å²) >= 11 is 0. The highest BCUT2D eigenvalue weighted by Crippen LogP contribution is 2.47. The molecule has 0 saturated heterocycles. The van der Waals surface area contributed by atoms with Crippen molar-refractivity contribution in [3.05, 3.63) is 71.0 Å². The summed E-state index contributed by atoms with van der Waals surface area (Å²) in [4.78, 5) is 12.0. The van der Waals surface area contributed by atoms with Crippen LogP contribution in [0.3, 0.4) is 0 Å². The largest absolute Gasteiger partial charge is 0.440 e. The lowest BCUT2D eigenvalue weighted by molar-refractivity contribution is -0.267. The van der Waals surface area contributed by atoms with Crippen LogP contribution in [0.2, 0.25) is 0 Å². The molecule has 1 heterocycles. The number of rotatable bonds is 1. The Kier molecular flexibility index (Phi) is 3.20. The molecule has 1 aliphatic heterocycles. The number of alkyl halides is 3. The molecule has 1 aliphatic rings. The summed E-state index contributed by atoms with van der Waals surface area (Å²) in [5.74, 6) is -1.81. The molecule has 0 radical (unpaired) electrons. The fraction of sp³-hybridized carbons (Fsp3) is 0.188. The van der Waals surface area contributed by atoms with E-state index in [0.29, 0.717) is 0 Å². The first-order valence-corrected chi connectivity index (χ1v) is 6.47. The molecule has 2 nitrogen and oxygen atoms in total. The van der Waals surface area contributed by atoms with Crippen molar-refractivity contribution in [3.8, 4) is 0 Å². The molecule has 0 bridgehead atoms. The Morgan fingerprint density at radius 2 is 1.73 bits per heavy atom. The number of esters is 1. The number of hydrogen-bond acceptors (Lipinski definition) is 2. The summed E-state index contributed by atoms with van der Waals surface area (Å²) in [5, 5.41) is 0. The number of benzene rings is 2. The van der Waals surface area contributed by atoms with Crippen LogP contribution in [-0.4, -0.2) is 12.1 Å². The van der Waals surface area contributed by atoms with E-state index in [2.05, 4.69) is 0 Å². The molecule has 0 N–H and O–H groups in total. The Bertz CT molecular complexity index is 725. The average molecular weight is 310 g/mol. The molecule has 3 rings (SSSR count). The van der Waals surface area contributed by atoms with Crippen LogP contribution >= 0.6 is 0 Å². The zero-order chi connectivity index (χ0) is 16.0. The van der Waals surface area contributed by atoms with Gasteiger partial charge in [-0.15, -0.1) is 0 Å². The second-order valence-corrected chi connectivity index (χ2v) is 5.06. The number of carbonyl (C=O) groups is 1. The lowest BCUT2D eigenvalue weighted by Gasteiger charge is -2.39. The zero-order valence-corrected chi connectivity index (χ0v) is 11.2. The van der Waals surface area contributed by atoms with E-state index in [1.807, 2.05) is 0 Å². The molecular weight excluding hydrogens is 300 g/mol. The standard InChI is InChI=1S/C16H10F4O2/c17-12-6-7-13-10(8-12)9-15(16(18,19)20,22-14(13)21)11-4-2-1-3-5-11/h1-8H,9H2. The van der Waals surface area contributed by atoms with Crippen molar-refractivity contribution in [2.45, 2.75) is 18.2 Å². The first-order valence-electron chi connectivity index (χ1n) is 6.47. The number of cyclic esters (lactones) is 1. The number of fused-ring (bicyclic) bond motifs is 1. The first-order chi connectivity index (χ1) is 10.3. The molecule has 1 atom stereocenters. The van der Waals surface area contributed by atoms with Crippen LogP contribution in [0.4, 0.5) is 17.6 Å². The molecule has 1 unspecified atom stereocenters. The van der Waals surface area contributed by atoms with Crippen LogP contribution in [0, 0.1) is 5.82 Å². The van der Waals surface area contributed by atoms with E-state index >= 15 is 0 Å². The molecule has 0 spiro atoms. The third kappa shape index (κ3) is 2.15. The maximum absolute atomic E-state index is 13.7. The summed E-state index contributed by atoms with van der Waals surface area (Å²) in [6.07, 6.45) is -5.48. The van der Waals surface area contributed by atoms with Crippen molar-refractivity contribution in [3.63, 3.8) is 0 Å². The Morgan fingerprint density at radius 3 is 2.36 bits per heavy atom. The van der Waals surface area contributed by atoms with Crippen LogP contribution in [-0.2, 0) is 16.8 Å². The monoisotopic (exact) mass is 310 g/mol. The van der Waals surface area contributed by atoms with E-state index < -0.39 is 30.0 Å². The molecule has 0 aliphatic carbocycles. The number of halogens is 4. The van der Waals surface area contributed by atoms with Gasteiger partial charge in [0.2, 0.25) is 5.60 Å². The number of carbonyl (C=O) groups excluding carboxylic acids is 1. The second-order valence-electron chi connectivity index (χ2n) is 5.06. The minimum absolute atomic E-state index is 0.0163. The summed E-state index contributed by atoms with van der Waals surface area (Å²) in [5.41, 5.74) is -3.05. The SMILES string of the molecule is O=C1OC(c2ccccc2)(C(F)(F)F)Cc2cc(F)ccc21. The van der Waals surface area contributed by atoms with E-state index in [4.69, 9.17) is 4.74 Å². The van der Waals surface area contributed by atoms with Crippen LogP contribution in [0.15, 0.2) is 48.5 Å². The summed E-state index contributed by atoms with van der Waals surface area (Å²) in [6.45, 7) is 0. The van der Waals surface area contributed by atoms with E-state index in [9.17, 15) is 22.4 Å². The fourth-order valence-electron chi connectivity index (χ4n) is 2.62. The first kappa shape index (κ1) is 14.6. The minimum Gasteiger partial charge on any atom is -0.440 e. The van der Waals surface area contributed by atoms with Gasteiger partial charge in [0, 0.05) is 12.0 Å². The normalized spacial score (nSPS) is 21.2. The van der Waals surface area contributed by atoms with Crippen molar-refractivity contribution in [2.24, 2.45) is 0 Å². The van der Waals surface area contributed by atoms with Gasteiger partial charge in [0.1, 0.15) is 5.82 Å². The van der Waals surface area contributed by atoms with Gasteiger partial charge in [-0.25, -0.2) is 9.18 Å². The number of hydrogen-bond donors (Lipinski definition) is 0. The van der Waals surface area contributed by atoms with Gasteiger partial charge in [0.05, 0.1) is 5.56 Å². The topological polar surface area (TPSA) is 26.3 Å². The van der Waals surface area contributed by atoms with Crippen molar-refractivity contribution in [1.29, 1.82) is 0 Å². The third-order valence-corrected chi connectivity index (χ3v) is 3.69. The van der Waals surface area contributed by atoms with Crippen molar-refractivity contribution in [2.75, 3.05) is 0 Å². The number of ether oxygens (including phenoxy) is 1. The lowest BCUT2D eigenvalue weighted by Crippen LogP contribution is -2.50. The molecule has 6 heteroatoms. The smallest absolute Gasteiger partial charge is 0.433 e. The van der Waals surface area contributed by atoms with Gasteiger partial charge in [-0.2, -0.15) is 13.2 Å². The molecular formula is C16H10F4O2. The van der Waals surface area contributed by atoms with Gasteiger partial charge in [0.25, 0.3) is 0 Å². The highest BCUT2D eigenvalue weighted by molar-refractivity contribution is 5.92. The molecule has 0 aromatic heterocycles. The average Bonchev–Trinajstić information content (AvgIpc) is 2.46. The Balaban J connectivity index is 2.20. The quantitative estimate of drug-likeness (QED) is 0.588. The van der Waals surface area contributed by atoms with Crippen molar-refractivity contribution < 1.29 is 27.1 Å². The predicted molar refractivity (Wildman–Crippen MR) is 69.7 cm³/mol. The molecule has 22 heavy (non-hydrogen) atoms. The van der Waals surface area contributed by atoms with Gasteiger partial charge in [-0.05, 0) is 23.8 Å². The van der Waals surface area contributed by atoms with Gasteiger partial charge in [-0.1, -0.05) is 30.3 Å². The zero-order valence-electron chi connectivity index (χ0n) is 11.2. The van der Waals surface area contributed by atoms with Gasteiger partial charge in [0.15, 0.2) is 0 Å². The minimum atomic E-state index is -4.83. The highest BCUT2D eigenvalue weighted by Gasteiger charge is 2.61. The Hall–Kier alpha value is -2.37. The molecule has 2 aromatic carbocycles. The van der Waals surface area contributed by atoms with Crippen LogP contribution < -0.4 is 0 Å². The van der Waals surface area contributed by atoms with E-state index in [1.54, 1.807) is 6.07 Å². The Morgan fingerprint density at radius 1 is 1.05 bits per heavy atom. The van der Waals surface area contributed by atoms with Crippen LogP contribution in [0.1, 0.15) is 21.5 Å². The maximum atomic E-state index is 13.7. The predicted octanol–water partition coefficient (Wildman–Crippen LogP) is 4.00. The van der Waals surface area contributed by atoms with Gasteiger partial charge < -0.3 is 4.74 Å². The molecule has 0 fully saturated rings. The Labute approximate surface area is 123 Å². The van der Waals surface area contributed by atoms with E-state index in [-0.39, 0.29) is 16.7 Å². The molecule has 0 saturated carbocycles. The summed E-state index contributed by atoms with van der Waals surface area (Å²) in [7, 11) is 0. The maximum Gasteiger partial charge on any atom is 0.433 e. The third-order valence-electron chi connectivity index (χ3n) is 3.69. The summed E-state index contributed by atoms with van der Waals surface area (Å²) in [6, 6.07) is 10.00. The second kappa shape index (κ2) is 4.83. The van der Waals surface area contributed by atoms with E-state index in [0.717, 1.165) is 18.2 Å². The van der Waals surface area contributed by atoms with Gasteiger partial charge >= 0.3 is 12.1 Å². The van der Waals surface area contributed by atoms with Crippen molar-refractivity contribution in [1.82, 2.24) is 0 Å². The van der Waals surface area contributed by atoms with Crippen LogP contribution in [0.5, 0.6) is 0 Å². The van der Waals surface area contributed by atoms with E-state index in [1.165, 1.54) is 24.3 Å².